The predicted octanol–water partition coefficient (Wildman–Crippen LogP) is 3.26. The fraction of sp³-hybridized carbons (Fsp3) is 0.438. The lowest BCUT2D eigenvalue weighted by Gasteiger charge is -2.22. The molecule has 0 aliphatic carbocycles. The number of aryl methyl sites for hydroxylation is 2. The zero-order valence-electron chi connectivity index (χ0n) is 24.1. The predicted molar refractivity (Wildman–Crippen MR) is 157 cm³/mol. The number of methoxy groups -OCH3 is 1. The molecule has 1 aromatic carbocycles. The second-order valence-electron chi connectivity index (χ2n) is 10.3. The van der Waals surface area contributed by atoms with E-state index in [2.05, 4.69) is 10.6 Å². The number of nitrogens with zero attached hydrogens (tertiary/aromatic N) is 1. The van der Waals surface area contributed by atoms with Gasteiger partial charge in [0.1, 0.15) is 24.2 Å². The molecule has 3 rings (SSSR count). The van der Waals surface area contributed by atoms with Crippen LogP contribution < -0.4 is 15.4 Å². The molecule has 2 amide bonds. The van der Waals surface area contributed by atoms with E-state index in [0.717, 1.165) is 16.9 Å². The molecule has 2 heterocycles. The third-order valence-electron chi connectivity index (χ3n) is 6.97. The lowest BCUT2D eigenvalue weighted by atomic mass is 9.95. The van der Waals surface area contributed by atoms with Crippen LogP contribution in [0.1, 0.15) is 43.2 Å². The molecule has 0 saturated heterocycles. The van der Waals surface area contributed by atoms with Crippen molar-refractivity contribution in [3.63, 3.8) is 0 Å². The van der Waals surface area contributed by atoms with Crippen molar-refractivity contribution >= 4 is 23.6 Å². The number of ketones is 1. The topological polar surface area (TPSA) is 136 Å². The molecule has 0 fully saturated rings. The smallest absolute Gasteiger partial charge is 0.304 e. The minimum atomic E-state index is -1.08. The van der Waals surface area contributed by atoms with Crippen LogP contribution in [0.2, 0.25) is 0 Å². The summed E-state index contributed by atoms with van der Waals surface area (Å²) in [5.41, 5.74) is 1.83. The van der Waals surface area contributed by atoms with E-state index in [0.29, 0.717) is 45.4 Å². The number of aliphatic carboxylic acids is 1. The van der Waals surface area contributed by atoms with Crippen molar-refractivity contribution in [3.8, 4) is 5.75 Å². The number of aromatic nitrogens is 1. The molecule has 1 aliphatic heterocycles. The molecule has 1 aromatic heterocycles. The van der Waals surface area contributed by atoms with E-state index in [1.165, 1.54) is 0 Å². The van der Waals surface area contributed by atoms with Crippen LogP contribution in [0, 0.1) is 5.92 Å². The number of fused-ring (bicyclic) bond motifs is 2. The van der Waals surface area contributed by atoms with Crippen molar-refractivity contribution in [1.82, 2.24) is 15.2 Å². The lowest BCUT2D eigenvalue weighted by Crippen LogP contribution is -2.50. The molecule has 2 atom stereocenters. The van der Waals surface area contributed by atoms with Crippen LogP contribution in [0.5, 0.6) is 5.75 Å². The second kappa shape index (κ2) is 17.6. The van der Waals surface area contributed by atoms with Crippen molar-refractivity contribution in [1.29, 1.82) is 0 Å². The van der Waals surface area contributed by atoms with Crippen LogP contribution in [-0.2, 0) is 43.3 Å². The van der Waals surface area contributed by atoms with E-state index in [-0.39, 0.29) is 31.6 Å². The van der Waals surface area contributed by atoms with Crippen molar-refractivity contribution in [2.75, 3.05) is 26.9 Å². The maximum absolute atomic E-state index is 13.4. The number of rotatable bonds is 12. The largest absolute Gasteiger partial charge is 0.491 e. The summed E-state index contributed by atoms with van der Waals surface area (Å²) in [6.07, 6.45) is 5.74. The van der Waals surface area contributed by atoms with Gasteiger partial charge < -0.3 is 29.8 Å². The molecule has 0 radical (unpaired) electrons. The van der Waals surface area contributed by atoms with Crippen molar-refractivity contribution < 1.29 is 33.8 Å². The average Bonchev–Trinajstić information content (AvgIpc) is 3.07. The fourth-order valence-corrected chi connectivity index (χ4v) is 4.67. The summed E-state index contributed by atoms with van der Waals surface area (Å²) in [4.78, 5) is 50.5. The van der Waals surface area contributed by atoms with Gasteiger partial charge in [0.25, 0.3) is 0 Å². The third kappa shape index (κ3) is 11.7. The van der Waals surface area contributed by atoms with E-state index in [9.17, 15) is 24.3 Å². The van der Waals surface area contributed by atoms with Crippen molar-refractivity contribution in [3.05, 3.63) is 78.1 Å². The summed E-state index contributed by atoms with van der Waals surface area (Å²) in [6, 6.07) is 16.0. The third-order valence-corrected chi connectivity index (χ3v) is 6.97. The molecular weight excluding hydrogens is 538 g/mol. The minimum absolute atomic E-state index is 0.0283. The van der Waals surface area contributed by atoms with Gasteiger partial charge in [-0.2, -0.15) is 0 Å². The molecule has 10 nitrogen and oxygen atoms in total. The number of hydrogen-bond donors (Lipinski definition) is 3. The molecule has 42 heavy (non-hydrogen) atoms. The number of carboxylic acid groups (broad SMARTS) is 1. The van der Waals surface area contributed by atoms with Crippen molar-refractivity contribution in [2.24, 2.45) is 5.92 Å². The van der Waals surface area contributed by atoms with Gasteiger partial charge in [-0.1, -0.05) is 36.4 Å². The van der Waals surface area contributed by atoms with Gasteiger partial charge >= 0.3 is 5.97 Å². The lowest BCUT2D eigenvalue weighted by molar-refractivity contribution is -0.141. The Morgan fingerprint density at radius 3 is 2.62 bits per heavy atom. The van der Waals surface area contributed by atoms with Gasteiger partial charge in [-0.3, -0.25) is 19.2 Å². The summed E-state index contributed by atoms with van der Waals surface area (Å²) >= 11 is 0. The maximum Gasteiger partial charge on any atom is 0.304 e. The van der Waals surface area contributed by atoms with Crippen molar-refractivity contribution in [2.45, 2.75) is 57.5 Å². The average molecular weight is 580 g/mol. The molecule has 1 aliphatic rings. The Bertz CT molecular complexity index is 1240. The molecule has 226 valence electrons. The zero-order chi connectivity index (χ0) is 30.2. The SMILES string of the molecule is COCCOc1ccc(CCC[C@H](CC(=O)O)C(=O)NC2Cc3ccccccn(c3)CCC(=O)CCNC2=O)cc1. The highest BCUT2D eigenvalue weighted by molar-refractivity contribution is 5.90. The highest BCUT2D eigenvalue weighted by Gasteiger charge is 2.27. The number of Topliss-reactive ketones (excluding diaryl/α,β-unsaturated/α-hetero) is 1. The second-order valence-corrected chi connectivity index (χ2v) is 10.3. The van der Waals surface area contributed by atoms with E-state index in [4.69, 9.17) is 9.47 Å². The highest BCUT2D eigenvalue weighted by Crippen LogP contribution is 2.18. The summed E-state index contributed by atoms with van der Waals surface area (Å²) in [7, 11) is 1.61. The van der Waals surface area contributed by atoms with Gasteiger partial charge in [0.05, 0.1) is 13.0 Å². The number of carbonyl (C=O) groups excluding carboxylic acids is 3. The van der Waals surface area contributed by atoms with Crippen LogP contribution in [0.3, 0.4) is 0 Å². The highest BCUT2D eigenvalue weighted by atomic mass is 16.5. The summed E-state index contributed by atoms with van der Waals surface area (Å²) < 4.78 is 12.5. The Morgan fingerprint density at radius 2 is 1.86 bits per heavy atom. The monoisotopic (exact) mass is 579 g/mol. The Morgan fingerprint density at radius 1 is 1.07 bits per heavy atom. The Hall–Kier alpha value is -4.18. The zero-order valence-corrected chi connectivity index (χ0v) is 24.1. The molecule has 0 saturated carbocycles. The van der Waals surface area contributed by atoms with Gasteiger partial charge in [0, 0.05) is 57.8 Å². The number of nitrogens with one attached hydrogen (secondary N) is 2. The number of carboxylic acids is 1. The molecule has 1 unspecified atom stereocenters. The number of ether oxygens (including phenoxy) is 2. The van der Waals surface area contributed by atoms with E-state index < -0.39 is 29.7 Å². The number of amides is 2. The molecule has 10 heteroatoms. The van der Waals surface area contributed by atoms with E-state index in [1.54, 1.807) is 7.11 Å². The molecule has 2 bridgehead atoms. The molecular formula is C32H41N3O7. The van der Waals surface area contributed by atoms with Gasteiger partial charge in [-0.15, -0.1) is 0 Å². The number of hydrogen-bond acceptors (Lipinski definition) is 6. The first-order chi connectivity index (χ1) is 20.3. The molecule has 0 spiro atoms. The summed E-state index contributed by atoms with van der Waals surface area (Å²) in [5.74, 6) is -2.01. The maximum atomic E-state index is 13.4. The first-order valence-corrected chi connectivity index (χ1v) is 14.3. The number of carbonyl (C=O) groups is 4. The summed E-state index contributed by atoms with van der Waals surface area (Å²) in [5, 5.41) is 15.1. The van der Waals surface area contributed by atoms with Crippen LogP contribution in [0.4, 0.5) is 0 Å². The van der Waals surface area contributed by atoms with Gasteiger partial charge in [-0.05, 0) is 48.6 Å². The Kier molecular flexibility index (Phi) is 13.5. The quantitative estimate of drug-likeness (QED) is 0.329. The van der Waals surface area contributed by atoms with Gasteiger partial charge in [0.2, 0.25) is 11.8 Å². The van der Waals surface area contributed by atoms with Crippen LogP contribution in [0.25, 0.3) is 0 Å². The van der Waals surface area contributed by atoms with E-state index >= 15 is 0 Å². The van der Waals surface area contributed by atoms with Crippen LogP contribution in [-0.4, -0.2) is 66.2 Å². The molecule has 2 aromatic rings. The first-order valence-electron chi connectivity index (χ1n) is 14.3. The van der Waals surface area contributed by atoms with Crippen LogP contribution >= 0.6 is 0 Å². The minimum Gasteiger partial charge on any atom is -0.491 e. The van der Waals surface area contributed by atoms with Crippen LogP contribution in [0.15, 0.2) is 67.0 Å². The normalized spacial score (nSPS) is 16.2. The molecule has 3 N–H and O–H groups in total. The fourth-order valence-electron chi connectivity index (χ4n) is 4.67. The van der Waals surface area contributed by atoms with Gasteiger partial charge in [0.15, 0.2) is 0 Å². The standard InChI is InChI=1S/C32H41N3O7/c1-41-19-20-42-28-12-10-24(11-13-28)8-6-9-26(22-30(37)38)31(39)34-29-21-25-7-4-2-3-5-17-35(23-25)18-15-27(36)14-16-33-32(29)40/h2-5,7,10-13,17,23,26,29H,6,8-9,14-16,18-22H2,1H3,(H,33,40)(H,34,39)(H,37,38)/t26-,29?/m1/s1. The van der Waals surface area contributed by atoms with E-state index in [1.807, 2.05) is 71.6 Å². The number of benzene rings is 1. The Balaban J connectivity index is 1.70. The van der Waals surface area contributed by atoms with Gasteiger partial charge in [-0.25, -0.2) is 0 Å². The first kappa shape index (κ1) is 32.3. The Labute approximate surface area is 246 Å². The summed E-state index contributed by atoms with van der Waals surface area (Å²) in [6.45, 7) is 1.62.